The van der Waals surface area contributed by atoms with Crippen LogP contribution in [0.5, 0.6) is 0 Å². The number of aryl methyl sites for hydroxylation is 1. The molecule has 0 aliphatic rings. The van der Waals surface area contributed by atoms with Crippen LogP contribution in [-0.2, 0) is 0 Å². The maximum Gasteiger partial charge on any atom is 0.258 e. The largest absolute Gasteiger partial charge is 0.368 e. The van der Waals surface area contributed by atoms with Crippen molar-refractivity contribution in [2.45, 2.75) is 46.6 Å². The van der Waals surface area contributed by atoms with Crippen molar-refractivity contribution in [2.75, 3.05) is 25.0 Å². The molecule has 3 rings (SSSR count). The molecular formula is C22H30N4O. The number of aromatic nitrogens is 2. The van der Waals surface area contributed by atoms with E-state index < -0.39 is 0 Å². The van der Waals surface area contributed by atoms with Crippen molar-refractivity contribution < 1.29 is 0 Å². The van der Waals surface area contributed by atoms with Crippen molar-refractivity contribution >= 4 is 27.5 Å². The van der Waals surface area contributed by atoms with Crippen LogP contribution in [-0.4, -0.2) is 40.5 Å². The number of hydrogen-bond acceptors (Lipinski definition) is 4. The first kappa shape index (κ1) is 19.4. The first-order valence-electron chi connectivity index (χ1n) is 9.94. The van der Waals surface area contributed by atoms with Gasteiger partial charge in [-0.15, -0.1) is 0 Å². The summed E-state index contributed by atoms with van der Waals surface area (Å²) in [5.74, 6) is 0.839. The van der Waals surface area contributed by atoms with Crippen molar-refractivity contribution in [3.8, 4) is 0 Å². The summed E-state index contributed by atoms with van der Waals surface area (Å²) in [5, 5.41) is 6.21. The third-order valence-electron chi connectivity index (χ3n) is 5.29. The van der Waals surface area contributed by atoms with Crippen LogP contribution in [0, 0.1) is 6.92 Å². The van der Waals surface area contributed by atoms with Gasteiger partial charge in [0, 0.05) is 22.3 Å². The number of para-hydroxylation sites is 1. The standard InChI is InChI=1S/C22H30N4O/c1-5-26(6-2)13-9-10-15(3)23-20-14-18-17-11-7-8-12-19(17)25-22(27)21(18)16(4)24-20/h7-8,11-12,14-15H,5-6,9-10,13H2,1-4H3,(H,23,24)(H,25,27). The zero-order chi connectivity index (χ0) is 19.4. The smallest absolute Gasteiger partial charge is 0.258 e. The number of nitrogens with one attached hydrogen (secondary N) is 2. The Morgan fingerprint density at radius 1 is 1.19 bits per heavy atom. The Hall–Kier alpha value is -2.40. The highest BCUT2D eigenvalue weighted by molar-refractivity contribution is 6.06. The molecule has 144 valence electrons. The van der Waals surface area contributed by atoms with Gasteiger partial charge >= 0.3 is 0 Å². The number of fused-ring (bicyclic) bond motifs is 3. The van der Waals surface area contributed by atoms with Gasteiger partial charge in [0.1, 0.15) is 5.82 Å². The summed E-state index contributed by atoms with van der Waals surface area (Å²) in [5.41, 5.74) is 1.55. The number of H-pyrrole nitrogens is 1. The minimum atomic E-state index is -0.0764. The molecule has 1 unspecified atom stereocenters. The van der Waals surface area contributed by atoms with Crippen LogP contribution >= 0.6 is 0 Å². The monoisotopic (exact) mass is 366 g/mol. The molecule has 27 heavy (non-hydrogen) atoms. The van der Waals surface area contributed by atoms with Crippen molar-refractivity contribution in [3.05, 3.63) is 46.4 Å². The molecule has 2 aromatic heterocycles. The van der Waals surface area contributed by atoms with Gasteiger partial charge in [-0.3, -0.25) is 4.79 Å². The molecule has 0 spiro atoms. The lowest BCUT2D eigenvalue weighted by Gasteiger charge is -2.20. The summed E-state index contributed by atoms with van der Waals surface area (Å²) in [7, 11) is 0. The lowest BCUT2D eigenvalue weighted by molar-refractivity contribution is 0.295. The molecule has 3 aromatic rings. The zero-order valence-corrected chi connectivity index (χ0v) is 16.8. The van der Waals surface area contributed by atoms with Crippen LogP contribution < -0.4 is 10.9 Å². The number of aromatic amines is 1. The minimum absolute atomic E-state index is 0.0764. The number of anilines is 1. The van der Waals surface area contributed by atoms with Gasteiger partial charge in [0.05, 0.1) is 11.1 Å². The van der Waals surface area contributed by atoms with Gasteiger partial charge in [0.2, 0.25) is 0 Å². The molecule has 2 heterocycles. The molecule has 0 aliphatic carbocycles. The average Bonchev–Trinajstić information content (AvgIpc) is 2.65. The van der Waals surface area contributed by atoms with E-state index in [4.69, 9.17) is 0 Å². The van der Waals surface area contributed by atoms with Crippen LogP contribution in [0.3, 0.4) is 0 Å². The summed E-state index contributed by atoms with van der Waals surface area (Å²) in [4.78, 5) is 22.5. The summed E-state index contributed by atoms with van der Waals surface area (Å²) in [6.07, 6.45) is 2.25. The molecule has 0 amide bonds. The number of benzene rings is 1. The Morgan fingerprint density at radius 2 is 1.93 bits per heavy atom. The Balaban J connectivity index is 1.83. The van der Waals surface area contributed by atoms with E-state index in [9.17, 15) is 4.79 Å². The maximum absolute atomic E-state index is 12.5. The highest BCUT2D eigenvalue weighted by atomic mass is 16.1. The highest BCUT2D eigenvalue weighted by Gasteiger charge is 2.12. The molecule has 0 radical (unpaired) electrons. The summed E-state index contributed by atoms with van der Waals surface area (Å²) >= 11 is 0. The zero-order valence-electron chi connectivity index (χ0n) is 16.8. The summed E-state index contributed by atoms with van der Waals surface area (Å²) in [6.45, 7) is 11.8. The fourth-order valence-electron chi connectivity index (χ4n) is 3.74. The predicted octanol–water partition coefficient (Wildman–Crippen LogP) is 4.31. The first-order chi connectivity index (χ1) is 13.0. The van der Waals surface area contributed by atoms with Crippen LogP contribution in [0.25, 0.3) is 21.7 Å². The maximum atomic E-state index is 12.5. The lowest BCUT2D eigenvalue weighted by atomic mass is 10.1. The first-order valence-corrected chi connectivity index (χ1v) is 9.94. The van der Waals surface area contributed by atoms with Crippen molar-refractivity contribution in [1.82, 2.24) is 14.9 Å². The van der Waals surface area contributed by atoms with E-state index >= 15 is 0 Å². The van der Waals surface area contributed by atoms with E-state index in [1.165, 1.54) is 0 Å². The quantitative estimate of drug-likeness (QED) is 0.583. The normalized spacial score (nSPS) is 12.8. The fourth-order valence-corrected chi connectivity index (χ4v) is 3.74. The van der Waals surface area contributed by atoms with E-state index in [1.54, 1.807) is 0 Å². The van der Waals surface area contributed by atoms with Crippen LogP contribution in [0.1, 0.15) is 39.3 Å². The van der Waals surface area contributed by atoms with E-state index in [-0.39, 0.29) is 5.56 Å². The molecule has 2 N–H and O–H groups in total. The molecule has 1 atom stereocenters. The second-order valence-electron chi connectivity index (χ2n) is 7.23. The van der Waals surface area contributed by atoms with Crippen molar-refractivity contribution in [3.63, 3.8) is 0 Å². The molecule has 1 aromatic carbocycles. The van der Waals surface area contributed by atoms with Crippen LogP contribution in [0.4, 0.5) is 5.82 Å². The lowest BCUT2D eigenvalue weighted by Crippen LogP contribution is -2.25. The van der Waals surface area contributed by atoms with Gasteiger partial charge in [0.25, 0.3) is 5.56 Å². The molecule has 0 saturated carbocycles. The molecular weight excluding hydrogens is 336 g/mol. The van der Waals surface area contributed by atoms with Gasteiger partial charge < -0.3 is 15.2 Å². The fraction of sp³-hybridized carbons (Fsp3) is 0.455. The molecule has 0 bridgehead atoms. The summed E-state index contributed by atoms with van der Waals surface area (Å²) in [6, 6.07) is 10.3. The Kier molecular flexibility index (Phi) is 6.11. The van der Waals surface area contributed by atoms with Crippen molar-refractivity contribution in [2.24, 2.45) is 0 Å². The highest BCUT2D eigenvalue weighted by Crippen LogP contribution is 2.25. The number of pyridine rings is 2. The number of hydrogen-bond donors (Lipinski definition) is 2. The van der Waals surface area contributed by atoms with Crippen LogP contribution in [0.2, 0.25) is 0 Å². The van der Waals surface area contributed by atoms with E-state index in [1.807, 2.05) is 37.3 Å². The Labute approximate surface area is 160 Å². The van der Waals surface area contributed by atoms with Crippen LogP contribution in [0.15, 0.2) is 35.1 Å². The second kappa shape index (κ2) is 8.53. The number of rotatable bonds is 8. The number of nitrogens with zero attached hydrogens (tertiary/aromatic N) is 2. The van der Waals surface area contributed by atoms with Gasteiger partial charge in [-0.25, -0.2) is 4.98 Å². The van der Waals surface area contributed by atoms with Gasteiger partial charge in [-0.2, -0.15) is 0 Å². The minimum Gasteiger partial charge on any atom is -0.368 e. The van der Waals surface area contributed by atoms with E-state index in [0.29, 0.717) is 11.4 Å². The van der Waals surface area contributed by atoms with Crippen molar-refractivity contribution in [1.29, 1.82) is 0 Å². The molecule has 5 heteroatoms. The molecule has 0 fully saturated rings. The van der Waals surface area contributed by atoms with Gasteiger partial charge in [-0.05, 0) is 58.5 Å². The second-order valence-corrected chi connectivity index (χ2v) is 7.23. The molecule has 5 nitrogen and oxygen atoms in total. The third kappa shape index (κ3) is 4.30. The topological polar surface area (TPSA) is 61.0 Å². The average molecular weight is 367 g/mol. The summed E-state index contributed by atoms with van der Waals surface area (Å²) < 4.78 is 0. The molecule has 0 saturated heterocycles. The Morgan fingerprint density at radius 3 is 2.67 bits per heavy atom. The van der Waals surface area contributed by atoms with Gasteiger partial charge in [0.15, 0.2) is 0 Å². The predicted molar refractivity (Wildman–Crippen MR) is 115 cm³/mol. The van der Waals surface area contributed by atoms with E-state index in [0.717, 1.165) is 60.3 Å². The third-order valence-corrected chi connectivity index (χ3v) is 5.29. The van der Waals surface area contributed by atoms with E-state index in [2.05, 4.69) is 41.0 Å². The Bertz CT molecular complexity index is 975. The van der Waals surface area contributed by atoms with Gasteiger partial charge in [-0.1, -0.05) is 32.0 Å². The SMILES string of the molecule is CCN(CC)CCCC(C)Nc1cc2c(c(C)n1)c(=O)[nH]c1ccccc12. The molecule has 0 aliphatic heterocycles.